The fourth-order valence-electron chi connectivity index (χ4n) is 3.09. The third kappa shape index (κ3) is 4.15. The van der Waals surface area contributed by atoms with Crippen molar-refractivity contribution in [1.82, 2.24) is 20.1 Å². The van der Waals surface area contributed by atoms with Crippen molar-refractivity contribution in [2.24, 2.45) is 0 Å². The van der Waals surface area contributed by atoms with Crippen molar-refractivity contribution in [2.45, 2.75) is 19.5 Å². The number of hydrogen-bond donors (Lipinski definition) is 1. The number of carbonyl (C=O) groups excluding carboxylic acids is 1. The minimum atomic E-state index is -0.0243. The molecule has 3 rings (SSSR count). The van der Waals surface area contributed by atoms with Crippen molar-refractivity contribution < 1.29 is 9.53 Å². The molecule has 0 aliphatic carbocycles. The third-order valence-corrected chi connectivity index (χ3v) is 4.71. The molecular formula is C17H27N5O2. The Morgan fingerprint density at radius 2 is 2.12 bits per heavy atom. The maximum Gasteiger partial charge on any atom is 0.318 e. The lowest BCUT2D eigenvalue weighted by Crippen LogP contribution is -2.51. The number of hydrogen-bond acceptors (Lipinski definition) is 5. The van der Waals surface area contributed by atoms with E-state index in [2.05, 4.69) is 33.2 Å². The maximum absolute atomic E-state index is 12.3. The average molecular weight is 333 g/mol. The van der Waals surface area contributed by atoms with Crippen LogP contribution in [0, 0.1) is 0 Å². The summed E-state index contributed by atoms with van der Waals surface area (Å²) in [5.41, 5.74) is 1.08. The fraction of sp³-hybridized carbons (Fsp3) is 0.647. The van der Waals surface area contributed by atoms with Gasteiger partial charge in [-0.3, -0.25) is 0 Å². The standard InChI is InChI=1S/C17H27N5O2/c1-14-13-24-10-9-22(14)17(23)19-12-15-3-4-18-16(11-15)21-7-5-20(2)6-8-21/h3-4,11,14H,5-10,12-13H2,1-2H3,(H,19,23). The molecule has 132 valence electrons. The van der Waals surface area contributed by atoms with E-state index >= 15 is 0 Å². The monoisotopic (exact) mass is 333 g/mol. The van der Waals surface area contributed by atoms with Crippen molar-refractivity contribution in [2.75, 3.05) is 57.9 Å². The zero-order valence-electron chi connectivity index (χ0n) is 14.6. The number of rotatable bonds is 3. The second-order valence-electron chi connectivity index (χ2n) is 6.59. The second kappa shape index (κ2) is 7.81. The lowest BCUT2D eigenvalue weighted by Gasteiger charge is -2.34. The van der Waals surface area contributed by atoms with Gasteiger partial charge >= 0.3 is 6.03 Å². The highest BCUT2D eigenvalue weighted by atomic mass is 16.5. The third-order valence-electron chi connectivity index (χ3n) is 4.71. The van der Waals surface area contributed by atoms with Gasteiger partial charge in [0.2, 0.25) is 0 Å². The molecule has 0 aromatic carbocycles. The van der Waals surface area contributed by atoms with Gasteiger partial charge in [-0.15, -0.1) is 0 Å². The number of aromatic nitrogens is 1. The minimum absolute atomic E-state index is 0.0243. The van der Waals surface area contributed by atoms with Gasteiger partial charge in [0.05, 0.1) is 19.3 Å². The molecule has 1 unspecified atom stereocenters. The summed E-state index contributed by atoms with van der Waals surface area (Å²) in [4.78, 5) is 23.3. The molecule has 2 saturated heterocycles. The van der Waals surface area contributed by atoms with Crippen molar-refractivity contribution in [3.05, 3.63) is 23.9 Å². The molecule has 0 bridgehead atoms. The van der Waals surface area contributed by atoms with Crippen LogP contribution in [-0.4, -0.2) is 79.8 Å². The van der Waals surface area contributed by atoms with Crippen LogP contribution in [0.1, 0.15) is 12.5 Å². The van der Waals surface area contributed by atoms with Crippen LogP contribution < -0.4 is 10.2 Å². The number of carbonyl (C=O) groups is 1. The molecule has 7 heteroatoms. The summed E-state index contributed by atoms with van der Waals surface area (Å²) in [6.07, 6.45) is 1.83. The molecule has 0 radical (unpaired) electrons. The Labute approximate surface area is 143 Å². The summed E-state index contributed by atoms with van der Waals surface area (Å²) in [5, 5.41) is 3.01. The van der Waals surface area contributed by atoms with E-state index in [1.54, 1.807) is 0 Å². The van der Waals surface area contributed by atoms with Crippen LogP contribution in [0.5, 0.6) is 0 Å². The van der Waals surface area contributed by atoms with E-state index in [0.29, 0.717) is 26.3 Å². The number of ether oxygens (including phenoxy) is 1. The predicted molar refractivity (Wildman–Crippen MR) is 93.2 cm³/mol. The highest BCUT2D eigenvalue weighted by molar-refractivity contribution is 5.74. The van der Waals surface area contributed by atoms with Gasteiger partial charge in [-0.1, -0.05) is 0 Å². The van der Waals surface area contributed by atoms with Gasteiger partial charge in [0.25, 0.3) is 0 Å². The van der Waals surface area contributed by atoms with Gasteiger partial charge in [0.1, 0.15) is 5.82 Å². The second-order valence-corrected chi connectivity index (χ2v) is 6.59. The Balaban J connectivity index is 1.55. The lowest BCUT2D eigenvalue weighted by molar-refractivity contribution is 0.0190. The van der Waals surface area contributed by atoms with E-state index in [9.17, 15) is 4.79 Å². The van der Waals surface area contributed by atoms with Gasteiger partial charge in [0.15, 0.2) is 0 Å². The highest BCUT2D eigenvalue weighted by Gasteiger charge is 2.23. The number of anilines is 1. The molecule has 2 aliphatic rings. The number of morpholine rings is 1. The van der Waals surface area contributed by atoms with Crippen LogP contribution in [0.3, 0.4) is 0 Å². The highest BCUT2D eigenvalue weighted by Crippen LogP contribution is 2.15. The van der Waals surface area contributed by atoms with E-state index in [1.165, 1.54) is 0 Å². The summed E-state index contributed by atoms with van der Waals surface area (Å²) >= 11 is 0. The number of amides is 2. The van der Waals surface area contributed by atoms with E-state index in [-0.39, 0.29) is 12.1 Å². The van der Waals surface area contributed by atoms with E-state index in [1.807, 2.05) is 24.1 Å². The molecule has 3 heterocycles. The Morgan fingerprint density at radius 3 is 2.88 bits per heavy atom. The van der Waals surface area contributed by atoms with Gasteiger partial charge in [-0.2, -0.15) is 0 Å². The van der Waals surface area contributed by atoms with E-state index in [0.717, 1.165) is 37.6 Å². The Kier molecular flexibility index (Phi) is 5.52. The molecular weight excluding hydrogens is 306 g/mol. The summed E-state index contributed by atoms with van der Waals surface area (Å²) < 4.78 is 5.38. The number of piperazine rings is 1. The molecule has 1 aromatic rings. The maximum atomic E-state index is 12.3. The number of pyridine rings is 1. The topological polar surface area (TPSA) is 60.9 Å². The number of nitrogens with one attached hydrogen (secondary N) is 1. The van der Waals surface area contributed by atoms with Crippen LogP contribution in [-0.2, 0) is 11.3 Å². The largest absolute Gasteiger partial charge is 0.377 e. The zero-order chi connectivity index (χ0) is 16.9. The smallest absolute Gasteiger partial charge is 0.318 e. The van der Waals surface area contributed by atoms with Gasteiger partial charge in [0, 0.05) is 45.5 Å². The predicted octanol–water partition coefficient (Wildman–Crippen LogP) is 0.764. The number of likely N-dealkylation sites (N-methyl/N-ethyl adjacent to an activating group) is 1. The van der Waals surface area contributed by atoms with Crippen molar-refractivity contribution in [1.29, 1.82) is 0 Å². The quantitative estimate of drug-likeness (QED) is 0.885. The molecule has 0 spiro atoms. The molecule has 24 heavy (non-hydrogen) atoms. The first-order valence-electron chi connectivity index (χ1n) is 8.64. The van der Waals surface area contributed by atoms with Crippen molar-refractivity contribution in [3.8, 4) is 0 Å². The summed E-state index contributed by atoms with van der Waals surface area (Å²) in [7, 11) is 2.14. The summed E-state index contributed by atoms with van der Waals surface area (Å²) in [6.45, 7) is 8.49. The SMILES string of the molecule is CC1COCCN1C(=O)NCc1ccnc(N2CCN(C)CC2)c1. The lowest BCUT2D eigenvalue weighted by atomic mass is 10.2. The fourth-order valence-corrected chi connectivity index (χ4v) is 3.09. The van der Waals surface area contributed by atoms with Gasteiger partial charge in [-0.05, 0) is 31.7 Å². The summed E-state index contributed by atoms with van der Waals surface area (Å²) in [5.74, 6) is 0.995. The normalized spacial score (nSPS) is 22.5. The summed E-state index contributed by atoms with van der Waals surface area (Å²) in [6, 6.07) is 4.14. The number of nitrogens with zero attached hydrogens (tertiary/aromatic N) is 4. The molecule has 7 nitrogen and oxygen atoms in total. The zero-order valence-corrected chi connectivity index (χ0v) is 14.6. The molecule has 2 fully saturated rings. The number of urea groups is 1. The molecule has 1 atom stereocenters. The van der Waals surface area contributed by atoms with E-state index < -0.39 is 0 Å². The molecule has 1 N–H and O–H groups in total. The Bertz CT molecular complexity index is 560. The van der Waals surface area contributed by atoms with Crippen molar-refractivity contribution >= 4 is 11.8 Å². The molecule has 2 amide bonds. The first-order valence-corrected chi connectivity index (χ1v) is 8.64. The van der Waals surface area contributed by atoms with E-state index in [4.69, 9.17) is 4.74 Å². The Morgan fingerprint density at radius 1 is 1.33 bits per heavy atom. The van der Waals surface area contributed by atoms with Gasteiger partial charge < -0.3 is 24.8 Å². The molecule has 0 saturated carbocycles. The van der Waals surface area contributed by atoms with Gasteiger partial charge in [-0.25, -0.2) is 9.78 Å². The van der Waals surface area contributed by atoms with Crippen LogP contribution in [0.2, 0.25) is 0 Å². The van der Waals surface area contributed by atoms with Crippen LogP contribution in [0.15, 0.2) is 18.3 Å². The van der Waals surface area contributed by atoms with Crippen LogP contribution in [0.25, 0.3) is 0 Å². The minimum Gasteiger partial charge on any atom is -0.377 e. The molecule has 1 aromatic heterocycles. The van der Waals surface area contributed by atoms with Crippen LogP contribution in [0.4, 0.5) is 10.6 Å². The first kappa shape index (κ1) is 17.0. The average Bonchev–Trinajstić information content (AvgIpc) is 2.61. The first-order chi connectivity index (χ1) is 11.6. The Hall–Kier alpha value is -1.86. The van der Waals surface area contributed by atoms with Crippen molar-refractivity contribution in [3.63, 3.8) is 0 Å². The van der Waals surface area contributed by atoms with Crippen LogP contribution >= 0.6 is 0 Å². The molecule has 2 aliphatic heterocycles.